The molecule has 0 bridgehead atoms. The molecule has 0 saturated carbocycles. The van der Waals surface area contributed by atoms with Crippen LogP contribution in [0.4, 0.5) is 15.8 Å². The van der Waals surface area contributed by atoms with Crippen LogP contribution in [0, 0.1) is 5.82 Å². The summed E-state index contributed by atoms with van der Waals surface area (Å²) in [5.74, 6) is -0.0720. The highest BCUT2D eigenvalue weighted by molar-refractivity contribution is 5.57. The average molecular weight is 274 g/mol. The van der Waals surface area contributed by atoms with Crippen molar-refractivity contribution in [3.63, 3.8) is 0 Å². The first-order valence-corrected chi connectivity index (χ1v) is 6.44. The first-order valence-electron chi connectivity index (χ1n) is 6.44. The van der Waals surface area contributed by atoms with Gasteiger partial charge in [0.2, 0.25) is 0 Å². The molecule has 0 atom stereocenters. The molecule has 2 aromatic rings. The van der Waals surface area contributed by atoms with Crippen molar-refractivity contribution in [2.75, 3.05) is 31.4 Å². The van der Waals surface area contributed by atoms with Crippen LogP contribution in [0.5, 0.6) is 5.75 Å². The number of rotatable bonds is 5. The van der Waals surface area contributed by atoms with E-state index in [9.17, 15) is 4.39 Å². The van der Waals surface area contributed by atoms with Crippen LogP contribution < -0.4 is 15.0 Å². The Kier molecular flexibility index (Phi) is 4.45. The Bertz CT molecular complexity index is 584. The van der Waals surface area contributed by atoms with E-state index in [1.807, 2.05) is 43.3 Å². The number of hydrogen-bond acceptors (Lipinski definition) is 3. The number of halogens is 1. The maximum atomic E-state index is 13.6. The molecule has 0 aliphatic carbocycles. The largest absolute Gasteiger partial charge is 0.494 e. The highest BCUT2D eigenvalue weighted by atomic mass is 19.1. The van der Waals surface area contributed by atoms with E-state index in [-0.39, 0.29) is 11.6 Å². The summed E-state index contributed by atoms with van der Waals surface area (Å²) >= 11 is 0. The maximum Gasteiger partial charge on any atom is 0.165 e. The number of methoxy groups -OCH3 is 1. The lowest BCUT2D eigenvalue weighted by molar-refractivity contribution is 0.386. The highest BCUT2D eigenvalue weighted by Crippen LogP contribution is 2.20. The molecule has 4 heteroatoms. The van der Waals surface area contributed by atoms with Crippen molar-refractivity contribution < 1.29 is 9.13 Å². The first kappa shape index (κ1) is 14.2. The third-order valence-electron chi connectivity index (χ3n) is 3.08. The van der Waals surface area contributed by atoms with Gasteiger partial charge in [0.25, 0.3) is 0 Å². The Morgan fingerprint density at radius 2 is 1.95 bits per heavy atom. The third kappa shape index (κ3) is 3.41. The summed E-state index contributed by atoms with van der Waals surface area (Å²) < 4.78 is 18.5. The molecular weight excluding hydrogens is 255 g/mol. The summed E-state index contributed by atoms with van der Waals surface area (Å²) in [6.07, 6.45) is 0. The average Bonchev–Trinajstić information content (AvgIpc) is 2.45. The molecule has 3 nitrogen and oxygen atoms in total. The highest BCUT2D eigenvalue weighted by Gasteiger charge is 2.03. The molecule has 0 aliphatic rings. The molecule has 0 fully saturated rings. The van der Waals surface area contributed by atoms with Crippen LogP contribution in [0.1, 0.15) is 5.56 Å². The third-order valence-corrected chi connectivity index (χ3v) is 3.08. The van der Waals surface area contributed by atoms with E-state index in [1.54, 1.807) is 6.07 Å². The molecule has 0 saturated heterocycles. The van der Waals surface area contributed by atoms with Crippen LogP contribution in [0.15, 0.2) is 42.5 Å². The summed E-state index contributed by atoms with van der Waals surface area (Å²) in [5.41, 5.74) is 3.00. The fraction of sp³-hybridized carbons (Fsp3) is 0.250. The quantitative estimate of drug-likeness (QED) is 0.903. The van der Waals surface area contributed by atoms with Gasteiger partial charge in [-0.05, 0) is 35.9 Å². The molecular formula is C16H19FN2O. The van der Waals surface area contributed by atoms with Crippen molar-refractivity contribution in [1.29, 1.82) is 0 Å². The number of benzene rings is 2. The molecule has 0 amide bonds. The molecule has 1 N–H and O–H groups in total. The van der Waals surface area contributed by atoms with Gasteiger partial charge in [0.1, 0.15) is 0 Å². The Hall–Kier alpha value is -2.23. The van der Waals surface area contributed by atoms with Crippen molar-refractivity contribution in [3.8, 4) is 5.75 Å². The number of ether oxygens (including phenoxy) is 1. The summed E-state index contributed by atoms with van der Waals surface area (Å²) in [6, 6.07) is 13.1. The zero-order valence-electron chi connectivity index (χ0n) is 12.0. The van der Waals surface area contributed by atoms with Crippen LogP contribution in [0.3, 0.4) is 0 Å². The number of nitrogens with zero attached hydrogens (tertiary/aromatic N) is 1. The monoisotopic (exact) mass is 274 g/mol. The second-order valence-electron chi connectivity index (χ2n) is 4.77. The first-order chi connectivity index (χ1) is 9.60. The Morgan fingerprint density at radius 3 is 2.60 bits per heavy atom. The Balaban J connectivity index is 2.05. The normalized spacial score (nSPS) is 10.2. The minimum Gasteiger partial charge on any atom is -0.494 e. The fourth-order valence-corrected chi connectivity index (χ4v) is 1.92. The van der Waals surface area contributed by atoms with Gasteiger partial charge in [-0.25, -0.2) is 4.39 Å². The lowest BCUT2D eigenvalue weighted by atomic mass is 10.2. The minimum absolute atomic E-state index is 0.267. The van der Waals surface area contributed by atoms with Crippen molar-refractivity contribution in [3.05, 3.63) is 53.8 Å². The molecule has 2 aromatic carbocycles. The van der Waals surface area contributed by atoms with E-state index in [4.69, 9.17) is 4.74 Å². The van der Waals surface area contributed by atoms with Crippen LogP contribution >= 0.6 is 0 Å². The van der Waals surface area contributed by atoms with Gasteiger partial charge in [-0.2, -0.15) is 0 Å². The van der Waals surface area contributed by atoms with Gasteiger partial charge in [0.15, 0.2) is 11.6 Å². The molecule has 20 heavy (non-hydrogen) atoms. The van der Waals surface area contributed by atoms with E-state index < -0.39 is 0 Å². The van der Waals surface area contributed by atoms with Gasteiger partial charge < -0.3 is 15.0 Å². The molecule has 0 unspecified atom stereocenters. The standard InChI is InChI=1S/C16H19FN2O/c1-19(2)14-6-4-5-13(10-14)18-11-12-7-8-16(20-3)15(17)9-12/h4-10,18H,11H2,1-3H3. The van der Waals surface area contributed by atoms with E-state index in [0.717, 1.165) is 16.9 Å². The number of anilines is 2. The summed E-state index contributed by atoms with van der Waals surface area (Å²) in [6.45, 7) is 0.567. The van der Waals surface area contributed by atoms with Crippen molar-refractivity contribution >= 4 is 11.4 Å². The topological polar surface area (TPSA) is 24.5 Å². The molecule has 0 aromatic heterocycles. The van der Waals surface area contributed by atoms with Crippen molar-refractivity contribution in [2.45, 2.75) is 6.54 Å². The lowest BCUT2D eigenvalue weighted by Gasteiger charge is -2.14. The van der Waals surface area contributed by atoms with Gasteiger partial charge in [-0.15, -0.1) is 0 Å². The lowest BCUT2D eigenvalue weighted by Crippen LogP contribution is -2.09. The van der Waals surface area contributed by atoms with Gasteiger partial charge in [-0.1, -0.05) is 12.1 Å². The van der Waals surface area contributed by atoms with Crippen LogP contribution in [-0.2, 0) is 6.54 Å². The van der Waals surface area contributed by atoms with Crippen molar-refractivity contribution in [2.24, 2.45) is 0 Å². The summed E-state index contributed by atoms with van der Waals surface area (Å²) in [4.78, 5) is 2.04. The SMILES string of the molecule is COc1ccc(CNc2cccc(N(C)C)c2)cc1F. The Labute approximate surface area is 119 Å². The van der Waals surface area contributed by atoms with E-state index in [0.29, 0.717) is 6.54 Å². The summed E-state index contributed by atoms with van der Waals surface area (Å²) in [5, 5.41) is 3.29. The number of nitrogens with one attached hydrogen (secondary N) is 1. The molecule has 0 spiro atoms. The van der Waals surface area contributed by atoms with E-state index in [1.165, 1.54) is 13.2 Å². The molecule has 0 aliphatic heterocycles. The zero-order chi connectivity index (χ0) is 14.5. The Morgan fingerprint density at radius 1 is 1.15 bits per heavy atom. The van der Waals surface area contributed by atoms with E-state index in [2.05, 4.69) is 11.4 Å². The number of hydrogen-bond donors (Lipinski definition) is 1. The van der Waals surface area contributed by atoms with E-state index >= 15 is 0 Å². The molecule has 106 valence electrons. The predicted octanol–water partition coefficient (Wildman–Crippen LogP) is 3.51. The van der Waals surface area contributed by atoms with Crippen LogP contribution in [0.2, 0.25) is 0 Å². The second-order valence-corrected chi connectivity index (χ2v) is 4.77. The van der Waals surface area contributed by atoms with Gasteiger partial charge in [0, 0.05) is 32.0 Å². The molecule has 2 rings (SSSR count). The van der Waals surface area contributed by atoms with Crippen LogP contribution in [0.25, 0.3) is 0 Å². The molecule has 0 heterocycles. The second kappa shape index (κ2) is 6.28. The van der Waals surface area contributed by atoms with Gasteiger partial charge >= 0.3 is 0 Å². The minimum atomic E-state index is -0.339. The predicted molar refractivity (Wildman–Crippen MR) is 81.0 cm³/mol. The smallest absolute Gasteiger partial charge is 0.165 e. The maximum absolute atomic E-state index is 13.6. The van der Waals surface area contributed by atoms with Gasteiger partial charge in [0.05, 0.1) is 7.11 Å². The van der Waals surface area contributed by atoms with Gasteiger partial charge in [-0.3, -0.25) is 0 Å². The zero-order valence-corrected chi connectivity index (χ0v) is 12.0. The van der Waals surface area contributed by atoms with Crippen LogP contribution in [-0.4, -0.2) is 21.2 Å². The fourth-order valence-electron chi connectivity index (χ4n) is 1.92. The molecule has 0 radical (unpaired) electrons. The summed E-state index contributed by atoms with van der Waals surface area (Å²) in [7, 11) is 5.46. The van der Waals surface area contributed by atoms with Crippen molar-refractivity contribution in [1.82, 2.24) is 0 Å².